The summed E-state index contributed by atoms with van der Waals surface area (Å²) >= 11 is 0. The number of pyridine rings is 1. The molecule has 0 saturated carbocycles. The summed E-state index contributed by atoms with van der Waals surface area (Å²) in [5, 5.41) is 13.5. The molecule has 0 fully saturated rings. The van der Waals surface area contributed by atoms with Crippen LogP contribution in [-0.4, -0.2) is 22.1 Å². The van der Waals surface area contributed by atoms with Crippen molar-refractivity contribution >= 4 is 22.6 Å². The number of aromatic nitrogens is 1. The number of nitrogens with one attached hydrogen (secondary N) is 1. The fraction of sp³-hybridized carbons (Fsp3) is 0.412. The van der Waals surface area contributed by atoms with Gasteiger partial charge in [0.2, 0.25) is 0 Å². The summed E-state index contributed by atoms with van der Waals surface area (Å²) in [5.74, 6) is -0.782. The van der Waals surface area contributed by atoms with Gasteiger partial charge in [0.1, 0.15) is 0 Å². The molecule has 0 spiro atoms. The van der Waals surface area contributed by atoms with Crippen molar-refractivity contribution in [3.63, 3.8) is 0 Å². The van der Waals surface area contributed by atoms with Gasteiger partial charge in [-0.15, -0.1) is 0 Å². The first-order chi connectivity index (χ1) is 9.85. The molecule has 21 heavy (non-hydrogen) atoms. The van der Waals surface area contributed by atoms with Crippen LogP contribution in [0.5, 0.6) is 0 Å². The highest BCUT2D eigenvalue weighted by atomic mass is 16.4. The molecule has 0 bridgehead atoms. The minimum atomic E-state index is -0.782. The molecule has 112 valence electrons. The van der Waals surface area contributed by atoms with Crippen LogP contribution in [0.4, 0.5) is 5.69 Å². The second-order valence-corrected chi connectivity index (χ2v) is 6.58. The standard InChI is InChI=1S/C17H22N2O2/c1-17(2,3)11-12(10-16(20)21)19-15-8-9-18-14-7-5-4-6-13(14)15/h4-9,12H,10-11H2,1-3H3,(H,18,19)(H,20,21). The summed E-state index contributed by atoms with van der Waals surface area (Å²) in [4.78, 5) is 15.4. The van der Waals surface area contributed by atoms with Crippen molar-refractivity contribution in [3.05, 3.63) is 36.5 Å². The second-order valence-electron chi connectivity index (χ2n) is 6.58. The van der Waals surface area contributed by atoms with E-state index in [4.69, 9.17) is 5.11 Å². The van der Waals surface area contributed by atoms with Crippen LogP contribution in [0.3, 0.4) is 0 Å². The van der Waals surface area contributed by atoms with Gasteiger partial charge in [-0.3, -0.25) is 9.78 Å². The molecule has 0 radical (unpaired) electrons. The van der Waals surface area contributed by atoms with Crippen LogP contribution in [0, 0.1) is 5.41 Å². The maximum absolute atomic E-state index is 11.1. The van der Waals surface area contributed by atoms with Crippen molar-refractivity contribution in [2.45, 2.75) is 39.7 Å². The molecular formula is C17H22N2O2. The summed E-state index contributed by atoms with van der Waals surface area (Å²) in [6.07, 6.45) is 2.64. The molecule has 0 aliphatic carbocycles. The number of aliphatic carboxylic acids is 1. The fourth-order valence-electron chi connectivity index (χ4n) is 2.57. The monoisotopic (exact) mass is 286 g/mol. The van der Waals surface area contributed by atoms with Crippen molar-refractivity contribution in [1.29, 1.82) is 0 Å². The zero-order valence-corrected chi connectivity index (χ0v) is 12.8. The van der Waals surface area contributed by atoms with Crippen LogP contribution >= 0.6 is 0 Å². The topological polar surface area (TPSA) is 62.2 Å². The summed E-state index contributed by atoms with van der Waals surface area (Å²) in [7, 11) is 0. The highest BCUT2D eigenvalue weighted by Crippen LogP contribution is 2.27. The lowest BCUT2D eigenvalue weighted by Gasteiger charge is -2.27. The van der Waals surface area contributed by atoms with Crippen molar-refractivity contribution in [2.75, 3.05) is 5.32 Å². The third-order valence-corrected chi connectivity index (χ3v) is 3.29. The van der Waals surface area contributed by atoms with E-state index < -0.39 is 5.97 Å². The van der Waals surface area contributed by atoms with Crippen molar-refractivity contribution in [3.8, 4) is 0 Å². The second kappa shape index (κ2) is 6.12. The van der Waals surface area contributed by atoms with Crippen LogP contribution in [-0.2, 0) is 4.79 Å². The van der Waals surface area contributed by atoms with Crippen molar-refractivity contribution in [2.24, 2.45) is 5.41 Å². The Morgan fingerprint density at radius 3 is 2.67 bits per heavy atom. The van der Waals surface area contributed by atoms with Crippen molar-refractivity contribution in [1.82, 2.24) is 4.98 Å². The van der Waals surface area contributed by atoms with E-state index in [1.807, 2.05) is 30.3 Å². The minimum Gasteiger partial charge on any atom is -0.481 e. The molecule has 1 aromatic heterocycles. The van der Waals surface area contributed by atoms with E-state index in [9.17, 15) is 4.79 Å². The van der Waals surface area contributed by atoms with E-state index in [1.54, 1.807) is 6.20 Å². The van der Waals surface area contributed by atoms with Gasteiger partial charge < -0.3 is 10.4 Å². The molecular weight excluding hydrogens is 264 g/mol. The van der Waals surface area contributed by atoms with Crippen molar-refractivity contribution < 1.29 is 9.90 Å². The lowest BCUT2D eigenvalue weighted by molar-refractivity contribution is -0.137. The Morgan fingerprint density at radius 2 is 2.00 bits per heavy atom. The first-order valence-electron chi connectivity index (χ1n) is 7.17. The molecule has 2 N–H and O–H groups in total. The number of anilines is 1. The highest BCUT2D eigenvalue weighted by molar-refractivity contribution is 5.91. The molecule has 1 atom stereocenters. The molecule has 2 rings (SSSR count). The first kappa shape index (κ1) is 15.3. The van der Waals surface area contributed by atoms with Gasteiger partial charge in [0.05, 0.1) is 11.9 Å². The Bertz CT molecular complexity index is 627. The van der Waals surface area contributed by atoms with E-state index in [-0.39, 0.29) is 17.9 Å². The molecule has 1 unspecified atom stereocenters. The predicted octanol–water partition coefficient (Wildman–Crippen LogP) is 3.93. The number of carbonyl (C=O) groups is 1. The van der Waals surface area contributed by atoms with Gasteiger partial charge in [0, 0.05) is 23.3 Å². The number of fused-ring (bicyclic) bond motifs is 1. The smallest absolute Gasteiger partial charge is 0.305 e. The molecule has 4 nitrogen and oxygen atoms in total. The number of carboxylic acids is 1. The van der Waals surface area contributed by atoms with Gasteiger partial charge in [-0.1, -0.05) is 39.0 Å². The molecule has 1 aromatic carbocycles. The van der Waals surface area contributed by atoms with E-state index >= 15 is 0 Å². The maximum Gasteiger partial charge on any atom is 0.305 e. The zero-order valence-electron chi connectivity index (χ0n) is 12.8. The van der Waals surface area contributed by atoms with Gasteiger partial charge in [0.15, 0.2) is 0 Å². The van der Waals surface area contributed by atoms with E-state index in [2.05, 4.69) is 31.1 Å². The Hall–Kier alpha value is -2.10. The van der Waals surface area contributed by atoms with Gasteiger partial charge >= 0.3 is 5.97 Å². The highest BCUT2D eigenvalue weighted by Gasteiger charge is 2.21. The summed E-state index contributed by atoms with van der Waals surface area (Å²) in [6.45, 7) is 6.36. The number of nitrogens with zero attached hydrogens (tertiary/aromatic N) is 1. The first-order valence-corrected chi connectivity index (χ1v) is 7.17. The van der Waals surface area contributed by atoms with Crippen LogP contribution in [0.15, 0.2) is 36.5 Å². The third-order valence-electron chi connectivity index (χ3n) is 3.29. The van der Waals surface area contributed by atoms with Crippen LogP contribution < -0.4 is 5.32 Å². The average molecular weight is 286 g/mol. The zero-order chi connectivity index (χ0) is 15.5. The van der Waals surface area contributed by atoms with Crippen LogP contribution in [0.2, 0.25) is 0 Å². The Balaban J connectivity index is 2.27. The molecule has 4 heteroatoms. The molecule has 0 amide bonds. The maximum atomic E-state index is 11.1. The number of rotatable bonds is 5. The minimum absolute atomic E-state index is 0.0654. The number of hydrogen-bond donors (Lipinski definition) is 2. The summed E-state index contributed by atoms with van der Waals surface area (Å²) in [5.41, 5.74) is 1.92. The quantitative estimate of drug-likeness (QED) is 0.874. The Labute approximate surface area is 125 Å². The number of benzene rings is 1. The lowest BCUT2D eigenvalue weighted by atomic mass is 9.87. The molecule has 1 heterocycles. The van der Waals surface area contributed by atoms with Gasteiger partial charge in [0.25, 0.3) is 0 Å². The molecule has 0 aliphatic heterocycles. The van der Waals surface area contributed by atoms with E-state index in [0.29, 0.717) is 0 Å². The van der Waals surface area contributed by atoms with Gasteiger partial charge in [-0.25, -0.2) is 0 Å². The SMILES string of the molecule is CC(C)(C)CC(CC(=O)O)Nc1ccnc2ccccc12. The fourth-order valence-corrected chi connectivity index (χ4v) is 2.57. The third kappa shape index (κ3) is 4.45. The normalized spacial score (nSPS) is 13.1. The molecule has 0 saturated heterocycles. The number of carboxylic acid groups (broad SMARTS) is 1. The average Bonchev–Trinajstić information content (AvgIpc) is 2.36. The number of hydrogen-bond acceptors (Lipinski definition) is 3. The van der Waals surface area contributed by atoms with E-state index in [1.165, 1.54) is 0 Å². The lowest BCUT2D eigenvalue weighted by Crippen LogP contribution is -2.28. The summed E-state index contributed by atoms with van der Waals surface area (Å²) < 4.78 is 0. The number of para-hydroxylation sites is 1. The van der Waals surface area contributed by atoms with Crippen LogP contribution in [0.25, 0.3) is 10.9 Å². The van der Waals surface area contributed by atoms with Gasteiger partial charge in [-0.05, 0) is 24.0 Å². The van der Waals surface area contributed by atoms with E-state index in [0.717, 1.165) is 23.0 Å². The molecule has 0 aliphatic rings. The van der Waals surface area contributed by atoms with Gasteiger partial charge in [-0.2, -0.15) is 0 Å². The molecule has 2 aromatic rings. The Kier molecular flexibility index (Phi) is 4.46. The Morgan fingerprint density at radius 1 is 1.29 bits per heavy atom. The van der Waals surface area contributed by atoms with Crippen LogP contribution in [0.1, 0.15) is 33.6 Å². The summed E-state index contributed by atoms with van der Waals surface area (Å²) in [6, 6.07) is 9.66. The predicted molar refractivity (Wildman–Crippen MR) is 85.5 cm³/mol. The largest absolute Gasteiger partial charge is 0.481 e.